The third-order valence-corrected chi connectivity index (χ3v) is 4.39. The van der Waals surface area contributed by atoms with E-state index in [1.54, 1.807) is 19.1 Å². The van der Waals surface area contributed by atoms with Gasteiger partial charge in [-0.25, -0.2) is 15.0 Å². The lowest BCUT2D eigenvalue weighted by Crippen LogP contribution is -2.14. The first-order valence-corrected chi connectivity index (χ1v) is 8.24. The molecule has 2 heterocycles. The molecule has 0 aliphatic rings. The number of nitrogens with zero attached hydrogens (tertiary/aromatic N) is 6. The van der Waals surface area contributed by atoms with Gasteiger partial charge in [0.1, 0.15) is 18.5 Å². The lowest BCUT2D eigenvalue weighted by Gasteiger charge is -2.02. The Morgan fingerprint density at radius 2 is 2.15 bits per heavy atom. The molecule has 0 aliphatic heterocycles. The van der Waals surface area contributed by atoms with Crippen LogP contribution in [0.3, 0.4) is 0 Å². The van der Waals surface area contributed by atoms with Crippen molar-refractivity contribution in [3.63, 3.8) is 0 Å². The second-order valence-electron chi connectivity index (χ2n) is 5.19. The molecular weight excluding hydrogens is 350 g/mol. The number of aliphatic imine (C=N–C) groups is 1. The number of hydrogen-bond acceptors (Lipinski definition) is 8. The fourth-order valence-electron chi connectivity index (χ4n) is 2.17. The minimum absolute atomic E-state index is 0.164. The van der Waals surface area contributed by atoms with Crippen molar-refractivity contribution < 1.29 is 4.79 Å². The molecule has 1 N–H and O–H groups in total. The predicted molar refractivity (Wildman–Crippen MR) is 96.7 cm³/mol. The number of nitriles is 2. The van der Waals surface area contributed by atoms with Gasteiger partial charge in [0.2, 0.25) is 5.71 Å². The number of carbonyl (C=O) groups is 1. The summed E-state index contributed by atoms with van der Waals surface area (Å²) in [6, 6.07) is 8.95. The Morgan fingerprint density at radius 1 is 1.35 bits per heavy atom. The molecule has 0 atom stereocenters. The maximum absolute atomic E-state index is 12.3. The zero-order valence-corrected chi connectivity index (χ0v) is 14.4. The van der Waals surface area contributed by atoms with Crippen LogP contribution in [0.15, 0.2) is 35.7 Å². The van der Waals surface area contributed by atoms with Crippen LogP contribution in [0.5, 0.6) is 0 Å². The summed E-state index contributed by atoms with van der Waals surface area (Å²) >= 11 is 1.32. The van der Waals surface area contributed by atoms with Gasteiger partial charge < -0.3 is 0 Å². The molecule has 1 aromatic carbocycles. The van der Waals surface area contributed by atoms with Crippen molar-refractivity contribution >= 4 is 38.3 Å². The van der Waals surface area contributed by atoms with E-state index in [-0.39, 0.29) is 18.2 Å². The van der Waals surface area contributed by atoms with Crippen molar-refractivity contribution in [2.24, 2.45) is 4.99 Å². The minimum Gasteiger partial charge on any atom is -0.298 e. The van der Waals surface area contributed by atoms with E-state index in [0.717, 1.165) is 15.8 Å². The van der Waals surface area contributed by atoms with Gasteiger partial charge in [0.25, 0.3) is 5.91 Å². The van der Waals surface area contributed by atoms with Gasteiger partial charge in [-0.1, -0.05) is 17.4 Å². The SMILES string of the molecule is Cc1ncncc1C(=O)Nc1nc2ccc(CN=C(C#N)C#N)cc2s1. The molecule has 3 rings (SSSR count). The number of aromatic nitrogens is 3. The summed E-state index contributed by atoms with van der Waals surface area (Å²) in [5, 5.41) is 20.6. The van der Waals surface area contributed by atoms with Gasteiger partial charge in [-0.15, -0.1) is 0 Å². The summed E-state index contributed by atoms with van der Waals surface area (Å²) in [4.78, 5) is 28.5. The van der Waals surface area contributed by atoms with Gasteiger partial charge in [-0.05, 0) is 24.6 Å². The van der Waals surface area contributed by atoms with Crippen LogP contribution in [0.25, 0.3) is 10.2 Å². The fourth-order valence-corrected chi connectivity index (χ4v) is 3.09. The Bertz CT molecular complexity index is 1090. The van der Waals surface area contributed by atoms with Crippen molar-refractivity contribution in [2.45, 2.75) is 13.5 Å². The van der Waals surface area contributed by atoms with Crippen LogP contribution >= 0.6 is 11.3 Å². The molecule has 0 unspecified atom stereocenters. The normalized spacial score (nSPS) is 9.96. The van der Waals surface area contributed by atoms with Crippen LogP contribution in [0, 0.1) is 29.6 Å². The second-order valence-corrected chi connectivity index (χ2v) is 6.22. The van der Waals surface area contributed by atoms with Crippen LogP contribution in [-0.2, 0) is 6.54 Å². The van der Waals surface area contributed by atoms with E-state index in [9.17, 15) is 4.79 Å². The van der Waals surface area contributed by atoms with E-state index in [4.69, 9.17) is 10.5 Å². The van der Waals surface area contributed by atoms with Gasteiger partial charge in [0.05, 0.1) is 28.0 Å². The second kappa shape index (κ2) is 7.47. The Labute approximate surface area is 152 Å². The topological polar surface area (TPSA) is 128 Å². The lowest BCUT2D eigenvalue weighted by atomic mass is 10.2. The Balaban J connectivity index is 1.81. The number of benzene rings is 1. The smallest absolute Gasteiger partial charge is 0.260 e. The monoisotopic (exact) mass is 361 g/mol. The van der Waals surface area contributed by atoms with Gasteiger partial charge in [0.15, 0.2) is 5.13 Å². The molecule has 0 fully saturated rings. The number of nitrogens with one attached hydrogen (secondary N) is 1. The van der Waals surface area contributed by atoms with E-state index in [1.165, 1.54) is 23.9 Å². The van der Waals surface area contributed by atoms with Crippen LogP contribution in [0.4, 0.5) is 5.13 Å². The Kier molecular flexibility index (Phi) is 4.92. The minimum atomic E-state index is -0.320. The summed E-state index contributed by atoms with van der Waals surface area (Å²) in [6.45, 7) is 1.96. The number of thiazole rings is 1. The first-order chi connectivity index (χ1) is 12.6. The van der Waals surface area contributed by atoms with E-state index >= 15 is 0 Å². The summed E-state index contributed by atoms with van der Waals surface area (Å²) < 4.78 is 0.865. The molecule has 3 aromatic rings. The first-order valence-electron chi connectivity index (χ1n) is 7.43. The van der Waals surface area contributed by atoms with Gasteiger partial charge in [-0.3, -0.25) is 15.1 Å². The average molecular weight is 361 g/mol. The average Bonchev–Trinajstić information content (AvgIpc) is 3.04. The molecule has 0 aliphatic carbocycles. The highest BCUT2D eigenvalue weighted by Crippen LogP contribution is 2.27. The zero-order valence-electron chi connectivity index (χ0n) is 13.6. The highest BCUT2D eigenvalue weighted by molar-refractivity contribution is 7.22. The van der Waals surface area contributed by atoms with E-state index < -0.39 is 0 Å². The number of hydrogen-bond donors (Lipinski definition) is 1. The van der Waals surface area contributed by atoms with E-state index in [0.29, 0.717) is 16.4 Å². The number of carbonyl (C=O) groups excluding carboxylic acids is 1. The molecule has 126 valence electrons. The first kappa shape index (κ1) is 17.1. The summed E-state index contributed by atoms with van der Waals surface area (Å²) in [5.74, 6) is -0.320. The summed E-state index contributed by atoms with van der Waals surface area (Å²) in [5.41, 5.74) is 2.39. The number of anilines is 1. The molecule has 26 heavy (non-hydrogen) atoms. The molecule has 2 aromatic heterocycles. The van der Waals surface area contributed by atoms with E-state index in [2.05, 4.69) is 25.3 Å². The molecule has 0 radical (unpaired) electrons. The molecule has 0 bridgehead atoms. The molecule has 9 heteroatoms. The van der Waals surface area contributed by atoms with Crippen molar-refractivity contribution in [1.29, 1.82) is 10.5 Å². The quantitative estimate of drug-likeness (QED) is 0.711. The third kappa shape index (κ3) is 3.69. The molecule has 1 amide bonds. The molecule has 8 nitrogen and oxygen atoms in total. The highest BCUT2D eigenvalue weighted by atomic mass is 32.1. The Hall–Kier alpha value is -3.69. The van der Waals surface area contributed by atoms with Crippen LogP contribution in [0.1, 0.15) is 21.6 Å². The van der Waals surface area contributed by atoms with Crippen molar-refractivity contribution in [3.8, 4) is 12.1 Å². The van der Waals surface area contributed by atoms with Crippen molar-refractivity contribution in [2.75, 3.05) is 5.32 Å². The molecule has 0 saturated heterocycles. The summed E-state index contributed by atoms with van der Waals surface area (Å²) in [7, 11) is 0. The van der Waals surface area contributed by atoms with Crippen LogP contribution in [0.2, 0.25) is 0 Å². The van der Waals surface area contributed by atoms with Crippen molar-refractivity contribution in [3.05, 3.63) is 47.5 Å². The predicted octanol–water partition coefficient (Wildman–Crippen LogP) is 2.64. The molecular formula is C17H11N7OS. The number of amides is 1. The van der Waals surface area contributed by atoms with Crippen LogP contribution in [-0.4, -0.2) is 26.6 Å². The van der Waals surface area contributed by atoms with Gasteiger partial charge in [-0.2, -0.15) is 10.5 Å². The van der Waals surface area contributed by atoms with E-state index in [1.807, 2.05) is 18.2 Å². The maximum atomic E-state index is 12.3. The van der Waals surface area contributed by atoms with Crippen molar-refractivity contribution in [1.82, 2.24) is 15.0 Å². The fraction of sp³-hybridized carbons (Fsp3) is 0.118. The molecule has 0 spiro atoms. The lowest BCUT2D eigenvalue weighted by molar-refractivity contribution is 0.102. The molecule has 0 saturated carbocycles. The number of rotatable bonds is 4. The van der Waals surface area contributed by atoms with Crippen LogP contribution < -0.4 is 5.32 Å². The summed E-state index contributed by atoms with van der Waals surface area (Å²) in [6.07, 6.45) is 2.85. The third-order valence-electron chi connectivity index (χ3n) is 3.46. The largest absolute Gasteiger partial charge is 0.298 e. The highest BCUT2D eigenvalue weighted by Gasteiger charge is 2.13. The Morgan fingerprint density at radius 3 is 2.88 bits per heavy atom. The van der Waals surface area contributed by atoms with Gasteiger partial charge in [0, 0.05) is 6.20 Å². The zero-order chi connectivity index (χ0) is 18.5. The maximum Gasteiger partial charge on any atom is 0.260 e. The standard InChI is InChI=1S/C17H11N7OS/c1-10-13(8-20-9-22-10)16(25)24-17-23-14-3-2-11(4-15(14)26-17)7-21-12(5-18)6-19/h2-4,8-9H,7H2,1H3,(H,23,24,25). The number of fused-ring (bicyclic) bond motifs is 1. The number of aryl methyl sites for hydroxylation is 1. The van der Waals surface area contributed by atoms with Gasteiger partial charge >= 0.3 is 0 Å².